The van der Waals surface area contributed by atoms with Gasteiger partial charge in [0.2, 0.25) is 0 Å². The molecule has 2 aliphatic heterocycles. The third-order valence-electron chi connectivity index (χ3n) is 8.65. The van der Waals surface area contributed by atoms with Gasteiger partial charge < -0.3 is 19.9 Å². The van der Waals surface area contributed by atoms with Crippen molar-refractivity contribution in [1.29, 1.82) is 0 Å². The molecule has 1 spiro atoms. The second-order valence-electron chi connectivity index (χ2n) is 11.3. The summed E-state index contributed by atoms with van der Waals surface area (Å²) in [7, 11) is 2.89. The first-order chi connectivity index (χ1) is 19.5. The van der Waals surface area contributed by atoms with Gasteiger partial charge >= 0.3 is 18.4 Å². The highest BCUT2D eigenvalue weighted by atomic mass is 19.4. The van der Waals surface area contributed by atoms with Crippen LogP contribution < -0.4 is 5.32 Å². The van der Waals surface area contributed by atoms with Crippen molar-refractivity contribution in [2.45, 2.75) is 75.5 Å². The predicted molar refractivity (Wildman–Crippen MR) is 143 cm³/mol. The summed E-state index contributed by atoms with van der Waals surface area (Å²) in [4.78, 5) is 16.7. The first-order valence-electron chi connectivity index (χ1n) is 13.5. The van der Waals surface area contributed by atoms with E-state index in [1.165, 1.54) is 26.1 Å². The van der Waals surface area contributed by atoms with Crippen LogP contribution >= 0.6 is 0 Å². The van der Waals surface area contributed by atoms with E-state index in [9.17, 15) is 35.5 Å². The van der Waals surface area contributed by atoms with Crippen molar-refractivity contribution in [3.05, 3.63) is 82.4 Å². The van der Waals surface area contributed by atoms with E-state index < -0.39 is 47.4 Å². The van der Waals surface area contributed by atoms with Crippen molar-refractivity contribution in [2.75, 3.05) is 20.7 Å². The van der Waals surface area contributed by atoms with E-state index in [-0.39, 0.29) is 29.8 Å². The van der Waals surface area contributed by atoms with Crippen LogP contribution in [0.5, 0.6) is 0 Å². The van der Waals surface area contributed by atoms with Crippen molar-refractivity contribution >= 4 is 6.03 Å². The van der Waals surface area contributed by atoms with Gasteiger partial charge in [-0.3, -0.25) is 0 Å². The number of hydrogen-bond acceptors (Lipinski definition) is 3. The molecule has 2 aromatic carbocycles. The number of likely N-dealkylation sites (tertiary alicyclic amines) is 1. The molecule has 5 nitrogen and oxygen atoms in total. The number of ether oxygens (including phenoxy) is 1. The highest BCUT2D eigenvalue weighted by Crippen LogP contribution is 2.45. The number of carbonyl (C=O) groups is 1. The van der Waals surface area contributed by atoms with Gasteiger partial charge in [-0.05, 0) is 86.6 Å². The number of amides is 2. The number of benzene rings is 2. The van der Waals surface area contributed by atoms with Gasteiger partial charge in [-0.2, -0.15) is 26.3 Å². The molecule has 0 unspecified atom stereocenters. The summed E-state index contributed by atoms with van der Waals surface area (Å²) in [5, 5.41) is 3.60. The number of methoxy groups -OCH3 is 1. The Morgan fingerprint density at radius 3 is 2.26 bits per heavy atom. The maximum absolute atomic E-state index is 14.0. The van der Waals surface area contributed by atoms with Crippen LogP contribution in [0, 0.1) is 12.7 Å². The molecule has 42 heavy (non-hydrogen) atoms. The second-order valence-corrected chi connectivity index (χ2v) is 11.3. The van der Waals surface area contributed by atoms with Gasteiger partial charge in [0.05, 0.1) is 36.4 Å². The molecule has 12 heteroatoms. The van der Waals surface area contributed by atoms with Gasteiger partial charge in [0, 0.05) is 19.1 Å². The number of hydrogen-bond donors (Lipinski definition) is 1. The molecule has 2 amide bonds. The van der Waals surface area contributed by atoms with Crippen LogP contribution in [0.25, 0.3) is 0 Å². The average Bonchev–Trinajstić information content (AvgIpc) is 3.33. The smallest absolute Gasteiger partial charge is 0.416 e. The molecular formula is C30H34F7N3O2. The van der Waals surface area contributed by atoms with Gasteiger partial charge in [0.25, 0.3) is 0 Å². The maximum atomic E-state index is 14.0. The first-order valence-corrected chi connectivity index (χ1v) is 13.5. The highest BCUT2D eigenvalue weighted by Gasteiger charge is 2.48. The Morgan fingerprint density at radius 1 is 1.10 bits per heavy atom. The largest absolute Gasteiger partial charge is 0.500 e. The average molecular weight is 602 g/mol. The zero-order chi connectivity index (χ0) is 31.2. The Labute approximate surface area is 240 Å². The zero-order valence-corrected chi connectivity index (χ0v) is 23.8. The molecular weight excluding hydrogens is 567 g/mol. The minimum Gasteiger partial charge on any atom is -0.500 e. The van der Waals surface area contributed by atoms with E-state index in [0.717, 1.165) is 17.7 Å². The van der Waals surface area contributed by atoms with Gasteiger partial charge in [-0.25, -0.2) is 9.18 Å². The number of alkyl halides is 6. The number of halogens is 7. The standard InChI is InChI=1S/C30H34F7N3O2/c1-17-12-23(31)6-7-24(17)26-16-28(9-8-25(38-28)19(3)42-5)10-11-40(26)27(41)39(4)18(2)20-13-21(29(32,33)34)15-22(14-20)30(35,36)37/h6-7,12-15,18,25-26,38H,3,8-11,16H2,1-2,4-5H3/t18-,25-,26+,28-/m0/s1. The van der Waals surface area contributed by atoms with Crippen molar-refractivity contribution in [3.63, 3.8) is 0 Å². The topological polar surface area (TPSA) is 44.8 Å². The van der Waals surface area contributed by atoms with Crippen LogP contribution in [0.15, 0.2) is 48.7 Å². The lowest BCUT2D eigenvalue weighted by molar-refractivity contribution is -0.143. The Balaban J connectivity index is 1.67. The molecule has 1 N–H and O–H groups in total. The van der Waals surface area contributed by atoms with E-state index >= 15 is 0 Å². The number of piperidine rings is 1. The Morgan fingerprint density at radius 2 is 1.71 bits per heavy atom. The Bertz CT molecular complexity index is 1310. The zero-order valence-electron chi connectivity index (χ0n) is 23.8. The summed E-state index contributed by atoms with van der Waals surface area (Å²) in [6, 6.07) is 3.33. The van der Waals surface area contributed by atoms with Crippen LogP contribution in [0.1, 0.15) is 72.5 Å². The number of nitrogens with zero attached hydrogens (tertiary/aromatic N) is 2. The molecule has 4 atom stereocenters. The van der Waals surface area contributed by atoms with E-state index in [2.05, 4.69) is 11.9 Å². The monoisotopic (exact) mass is 601 g/mol. The number of aryl methyl sites for hydroxylation is 1. The SMILES string of the molecule is C=C(OC)[C@@H]1CC[C@@]2(CCN(C(=O)N(C)[C@@H](C)c3cc(C(F)(F)F)cc(C(F)(F)F)c3)[C@@H](c3ccc(F)cc3C)C2)N1. The van der Waals surface area contributed by atoms with E-state index in [4.69, 9.17) is 4.74 Å². The molecule has 0 aliphatic carbocycles. The van der Waals surface area contributed by atoms with E-state index in [1.807, 2.05) is 0 Å². The number of nitrogens with one attached hydrogen (secondary N) is 1. The molecule has 2 saturated heterocycles. The molecule has 0 saturated carbocycles. The van der Waals surface area contributed by atoms with Gasteiger partial charge in [-0.1, -0.05) is 12.6 Å². The van der Waals surface area contributed by atoms with Crippen LogP contribution in [-0.2, 0) is 17.1 Å². The predicted octanol–water partition coefficient (Wildman–Crippen LogP) is 7.77. The van der Waals surface area contributed by atoms with E-state index in [1.54, 1.807) is 25.0 Å². The highest BCUT2D eigenvalue weighted by molar-refractivity contribution is 5.75. The molecule has 0 radical (unpaired) electrons. The second kappa shape index (κ2) is 11.4. The molecule has 4 rings (SSSR count). The van der Waals surface area contributed by atoms with Gasteiger partial charge in [-0.15, -0.1) is 0 Å². The van der Waals surface area contributed by atoms with Crippen LogP contribution in [-0.4, -0.2) is 48.1 Å². The summed E-state index contributed by atoms with van der Waals surface area (Å²) < 4.78 is 100. The molecule has 2 heterocycles. The van der Waals surface area contributed by atoms with Crippen LogP contribution in [0.3, 0.4) is 0 Å². The fourth-order valence-corrected chi connectivity index (χ4v) is 6.08. The van der Waals surface area contributed by atoms with Crippen LogP contribution in [0.2, 0.25) is 0 Å². The lowest BCUT2D eigenvalue weighted by atomic mass is 9.79. The third-order valence-corrected chi connectivity index (χ3v) is 8.65. The molecule has 0 bridgehead atoms. The minimum atomic E-state index is -5.01. The first kappa shape index (κ1) is 31.7. The quantitative estimate of drug-likeness (QED) is 0.281. The van der Waals surface area contributed by atoms with Crippen molar-refractivity contribution in [1.82, 2.24) is 15.1 Å². The number of carbonyl (C=O) groups excluding carboxylic acids is 1. The lowest BCUT2D eigenvalue weighted by Gasteiger charge is -2.47. The Kier molecular flexibility index (Phi) is 8.61. The summed E-state index contributed by atoms with van der Waals surface area (Å²) in [5.41, 5.74) is -2.23. The molecule has 2 aliphatic rings. The molecule has 2 fully saturated rings. The van der Waals surface area contributed by atoms with Crippen LogP contribution in [0.4, 0.5) is 35.5 Å². The van der Waals surface area contributed by atoms with Gasteiger partial charge in [0.15, 0.2) is 0 Å². The molecule has 2 aromatic rings. The summed E-state index contributed by atoms with van der Waals surface area (Å²) in [6.45, 7) is 7.33. The maximum Gasteiger partial charge on any atom is 0.416 e. The number of rotatable bonds is 5. The fraction of sp³-hybridized carbons (Fsp3) is 0.500. The normalized spacial score (nSPS) is 23.6. The minimum absolute atomic E-state index is 0.0651. The van der Waals surface area contributed by atoms with E-state index in [0.29, 0.717) is 41.9 Å². The third kappa shape index (κ3) is 6.38. The molecule has 0 aromatic heterocycles. The summed E-state index contributed by atoms with van der Waals surface area (Å²) in [5.74, 6) is 0.151. The Hall–Kier alpha value is -3.28. The lowest BCUT2D eigenvalue weighted by Crippen LogP contribution is -2.56. The summed E-state index contributed by atoms with van der Waals surface area (Å²) in [6.07, 6.45) is -7.47. The molecule has 230 valence electrons. The number of urea groups is 1. The fourth-order valence-electron chi connectivity index (χ4n) is 6.08. The van der Waals surface area contributed by atoms with Crippen molar-refractivity contribution in [2.24, 2.45) is 0 Å². The summed E-state index contributed by atoms with van der Waals surface area (Å²) >= 11 is 0. The van der Waals surface area contributed by atoms with Crippen molar-refractivity contribution < 1.29 is 40.3 Å². The van der Waals surface area contributed by atoms with Crippen molar-refractivity contribution in [3.8, 4) is 0 Å². The van der Waals surface area contributed by atoms with Gasteiger partial charge in [0.1, 0.15) is 11.6 Å².